The zero-order valence-electron chi connectivity index (χ0n) is 15.7. The second-order valence-electron chi connectivity index (χ2n) is 6.72. The lowest BCUT2D eigenvalue weighted by atomic mass is 10.2. The topological polar surface area (TPSA) is 61.9 Å². The molecule has 3 rings (SSSR count). The van der Waals surface area contributed by atoms with E-state index in [0.29, 0.717) is 5.69 Å². The van der Waals surface area contributed by atoms with Gasteiger partial charge in [0.2, 0.25) is 10.0 Å². The summed E-state index contributed by atoms with van der Waals surface area (Å²) in [5, 5.41) is 0. The van der Waals surface area contributed by atoms with Crippen molar-refractivity contribution in [2.45, 2.75) is 5.75 Å². The van der Waals surface area contributed by atoms with E-state index in [1.165, 1.54) is 0 Å². The van der Waals surface area contributed by atoms with Gasteiger partial charge in [-0.2, -0.15) is 0 Å². The fourth-order valence-corrected chi connectivity index (χ4v) is 4.40. The first kappa shape index (κ1) is 19.7. The van der Waals surface area contributed by atoms with Crippen LogP contribution in [0.4, 0.5) is 11.4 Å². The number of hydrogen-bond donors (Lipinski definition) is 1. The molecule has 1 aliphatic heterocycles. The van der Waals surface area contributed by atoms with Gasteiger partial charge in [-0.15, -0.1) is 0 Å². The van der Waals surface area contributed by atoms with E-state index in [4.69, 9.17) is 4.74 Å². The molecule has 0 saturated carbocycles. The summed E-state index contributed by atoms with van der Waals surface area (Å²) in [4.78, 5) is 4.72. The predicted octanol–water partition coefficient (Wildman–Crippen LogP) is 2.40. The number of rotatable bonds is 8. The van der Waals surface area contributed by atoms with Gasteiger partial charge < -0.3 is 9.64 Å². The minimum atomic E-state index is -3.42. The molecule has 0 atom stereocenters. The van der Waals surface area contributed by atoms with Crippen LogP contribution in [0.1, 0.15) is 5.56 Å². The summed E-state index contributed by atoms with van der Waals surface area (Å²) < 4.78 is 32.5. The molecule has 1 aliphatic rings. The van der Waals surface area contributed by atoms with Crippen molar-refractivity contribution in [3.63, 3.8) is 0 Å². The monoisotopic (exact) mass is 389 g/mol. The first-order valence-corrected chi connectivity index (χ1v) is 10.8. The number of benzene rings is 2. The van der Waals surface area contributed by atoms with Gasteiger partial charge in [0.15, 0.2) is 0 Å². The summed E-state index contributed by atoms with van der Waals surface area (Å²) >= 11 is 0. The zero-order chi connectivity index (χ0) is 19.1. The van der Waals surface area contributed by atoms with Crippen LogP contribution in [-0.4, -0.2) is 59.8 Å². The van der Waals surface area contributed by atoms with Crippen LogP contribution in [0.5, 0.6) is 0 Å². The van der Waals surface area contributed by atoms with Crippen LogP contribution in [0.3, 0.4) is 0 Å². The smallest absolute Gasteiger partial charge is 0.236 e. The number of sulfonamides is 1. The van der Waals surface area contributed by atoms with Crippen molar-refractivity contribution in [2.75, 3.05) is 56.1 Å². The SMILES string of the molecule is COCCN1CCN(c2ccc(NS(=O)(=O)Cc3ccccc3)cc2)CC1. The molecule has 0 bridgehead atoms. The molecule has 0 spiro atoms. The van der Waals surface area contributed by atoms with E-state index in [1.54, 1.807) is 7.11 Å². The average molecular weight is 390 g/mol. The van der Waals surface area contributed by atoms with Crippen molar-refractivity contribution in [3.8, 4) is 0 Å². The van der Waals surface area contributed by atoms with Crippen LogP contribution < -0.4 is 9.62 Å². The van der Waals surface area contributed by atoms with Crippen molar-refractivity contribution in [3.05, 3.63) is 60.2 Å². The lowest BCUT2D eigenvalue weighted by Gasteiger charge is -2.36. The molecular weight excluding hydrogens is 362 g/mol. The standard InChI is InChI=1S/C20H27N3O3S/c1-26-16-15-22-11-13-23(14-12-22)20-9-7-19(8-10-20)21-27(24,25)17-18-5-3-2-4-6-18/h2-10,21H,11-17H2,1H3. The van der Waals surface area contributed by atoms with Crippen molar-refractivity contribution in [2.24, 2.45) is 0 Å². The molecular formula is C20H27N3O3S. The highest BCUT2D eigenvalue weighted by molar-refractivity contribution is 7.91. The predicted molar refractivity (Wildman–Crippen MR) is 110 cm³/mol. The Labute approximate surface area is 161 Å². The Morgan fingerprint density at radius 2 is 1.63 bits per heavy atom. The van der Waals surface area contributed by atoms with E-state index in [0.717, 1.165) is 50.6 Å². The lowest BCUT2D eigenvalue weighted by molar-refractivity contribution is 0.144. The van der Waals surface area contributed by atoms with E-state index >= 15 is 0 Å². The molecule has 0 radical (unpaired) electrons. The number of anilines is 2. The Morgan fingerprint density at radius 1 is 0.963 bits per heavy atom. The van der Waals surface area contributed by atoms with Crippen LogP contribution in [0.25, 0.3) is 0 Å². The molecule has 6 nitrogen and oxygen atoms in total. The number of nitrogens with zero attached hydrogens (tertiary/aromatic N) is 2. The largest absolute Gasteiger partial charge is 0.383 e. The summed E-state index contributed by atoms with van der Waals surface area (Å²) in [5.41, 5.74) is 2.48. The van der Waals surface area contributed by atoms with E-state index in [2.05, 4.69) is 14.5 Å². The van der Waals surface area contributed by atoms with Gasteiger partial charge in [-0.05, 0) is 29.8 Å². The maximum absolute atomic E-state index is 12.3. The Bertz CT molecular complexity index is 802. The van der Waals surface area contributed by atoms with Gasteiger partial charge >= 0.3 is 0 Å². The minimum Gasteiger partial charge on any atom is -0.383 e. The maximum atomic E-state index is 12.3. The molecule has 0 amide bonds. The Hall–Kier alpha value is -2.09. The molecule has 1 heterocycles. The summed E-state index contributed by atoms with van der Waals surface area (Å²) in [5.74, 6) is -0.0287. The first-order chi connectivity index (χ1) is 13.1. The number of hydrogen-bond acceptors (Lipinski definition) is 5. The summed E-state index contributed by atoms with van der Waals surface area (Å²) in [6, 6.07) is 16.8. The van der Waals surface area contributed by atoms with E-state index < -0.39 is 10.0 Å². The van der Waals surface area contributed by atoms with Crippen LogP contribution in [0, 0.1) is 0 Å². The molecule has 7 heteroatoms. The maximum Gasteiger partial charge on any atom is 0.236 e. The summed E-state index contributed by atoms with van der Waals surface area (Å²) in [6.07, 6.45) is 0. The molecule has 27 heavy (non-hydrogen) atoms. The highest BCUT2D eigenvalue weighted by Gasteiger charge is 2.17. The molecule has 0 aromatic heterocycles. The van der Waals surface area contributed by atoms with Gasteiger partial charge in [0.05, 0.1) is 12.4 Å². The fourth-order valence-electron chi connectivity index (χ4n) is 3.20. The van der Waals surface area contributed by atoms with Gasteiger partial charge in [-0.25, -0.2) is 8.42 Å². The van der Waals surface area contributed by atoms with Crippen molar-refractivity contribution >= 4 is 21.4 Å². The van der Waals surface area contributed by atoms with Crippen LogP contribution in [0.15, 0.2) is 54.6 Å². The van der Waals surface area contributed by atoms with Crippen LogP contribution in [0.2, 0.25) is 0 Å². The number of piperazine rings is 1. The second kappa shape index (κ2) is 9.21. The molecule has 1 fully saturated rings. The quantitative estimate of drug-likeness (QED) is 0.751. The van der Waals surface area contributed by atoms with Crippen molar-refractivity contribution in [1.82, 2.24) is 4.90 Å². The number of ether oxygens (including phenoxy) is 1. The van der Waals surface area contributed by atoms with E-state index in [-0.39, 0.29) is 5.75 Å². The number of nitrogens with one attached hydrogen (secondary N) is 1. The third-order valence-electron chi connectivity index (χ3n) is 4.69. The van der Waals surface area contributed by atoms with Crippen LogP contribution in [-0.2, 0) is 20.5 Å². The average Bonchev–Trinajstić information content (AvgIpc) is 2.67. The number of methoxy groups -OCH3 is 1. The fraction of sp³-hybridized carbons (Fsp3) is 0.400. The molecule has 1 saturated heterocycles. The van der Waals surface area contributed by atoms with Gasteiger partial charge in [0, 0.05) is 51.2 Å². The highest BCUT2D eigenvalue weighted by Crippen LogP contribution is 2.21. The van der Waals surface area contributed by atoms with Gasteiger partial charge in [0.1, 0.15) is 0 Å². The summed E-state index contributed by atoms with van der Waals surface area (Å²) in [6.45, 7) is 5.67. The van der Waals surface area contributed by atoms with Crippen LogP contribution >= 0.6 is 0 Å². The zero-order valence-corrected chi connectivity index (χ0v) is 16.5. The van der Waals surface area contributed by atoms with E-state index in [9.17, 15) is 8.42 Å². The molecule has 146 valence electrons. The molecule has 2 aromatic rings. The molecule has 2 aromatic carbocycles. The van der Waals surface area contributed by atoms with Gasteiger partial charge in [-0.3, -0.25) is 9.62 Å². The minimum absolute atomic E-state index is 0.0287. The molecule has 0 aliphatic carbocycles. The van der Waals surface area contributed by atoms with Gasteiger partial charge in [0.25, 0.3) is 0 Å². The third kappa shape index (κ3) is 5.95. The van der Waals surface area contributed by atoms with Gasteiger partial charge in [-0.1, -0.05) is 30.3 Å². The van der Waals surface area contributed by atoms with Crippen molar-refractivity contribution < 1.29 is 13.2 Å². The Balaban J connectivity index is 1.54. The third-order valence-corrected chi connectivity index (χ3v) is 5.95. The molecule has 0 unspecified atom stereocenters. The Morgan fingerprint density at radius 3 is 2.26 bits per heavy atom. The first-order valence-electron chi connectivity index (χ1n) is 9.16. The lowest BCUT2D eigenvalue weighted by Crippen LogP contribution is -2.47. The second-order valence-corrected chi connectivity index (χ2v) is 8.44. The van der Waals surface area contributed by atoms with E-state index in [1.807, 2.05) is 54.6 Å². The Kier molecular flexibility index (Phi) is 6.71. The summed E-state index contributed by atoms with van der Waals surface area (Å²) in [7, 11) is -1.70. The van der Waals surface area contributed by atoms with Crippen molar-refractivity contribution in [1.29, 1.82) is 0 Å². The molecule has 1 N–H and O–H groups in total. The highest BCUT2D eigenvalue weighted by atomic mass is 32.2. The normalized spacial score (nSPS) is 15.7.